The van der Waals surface area contributed by atoms with Crippen LogP contribution in [-0.2, 0) is 12.7 Å². The van der Waals surface area contributed by atoms with E-state index in [9.17, 15) is 13.2 Å². The highest BCUT2D eigenvalue weighted by molar-refractivity contribution is 6.30. The smallest absolute Gasteiger partial charge is 0.396 e. The summed E-state index contributed by atoms with van der Waals surface area (Å²) in [5.74, 6) is 0. The fourth-order valence-electron chi connectivity index (χ4n) is 1.94. The summed E-state index contributed by atoms with van der Waals surface area (Å²) in [6.07, 6.45) is -3.48. The van der Waals surface area contributed by atoms with Crippen molar-refractivity contribution in [3.63, 3.8) is 0 Å². The first kappa shape index (κ1) is 15.4. The second-order valence-corrected chi connectivity index (χ2v) is 5.05. The van der Waals surface area contributed by atoms with Gasteiger partial charge in [0, 0.05) is 18.6 Å². The molecule has 112 valence electrons. The molecule has 0 bridgehead atoms. The van der Waals surface area contributed by atoms with Crippen molar-refractivity contribution >= 4 is 23.0 Å². The van der Waals surface area contributed by atoms with Crippen LogP contribution in [0, 0.1) is 0 Å². The lowest BCUT2D eigenvalue weighted by Crippen LogP contribution is -2.19. The van der Waals surface area contributed by atoms with E-state index < -0.39 is 11.9 Å². The summed E-state index contributed by atoms with van der Waals surface area (Å²) in [6, 6.07) is 8.04. The summed E-state index contributed by atoms with van der Waals surface area (Å²) < 4.78 is 38.1. The molecule has 0 aliphatic rings. The molecule has 0 spiro atoms. The molecule has 0 aliphatic carbocycles. The Morgan fingerprint density at radius 3 is 2.62 bits per heavy atom. The molecule has 2 rings (SSSR count). The SMILES string of the molecule is CN(Cc1cccc(Cl)c1)c1cc(C(F)(F)F)ncc1N. The molecule has 2 aromatic rings. The van der Waals surface area contributed by atoms with Gasteiger partial charge in [0.1, 0.15) is 5.69 Å². The van der Waals surface area contributed by atoms with Crippen molar-refractivity contribution in [2.24, 2.45) is 0 Å². The highest BCUT2D eigenvalue weighted by Gasteiger charge is 2.33. The maximum Gasteiger partial charge on any atom is 0.433 e. The lowest BCUT2D eigenvalue weighted by molar-refractivity contribution is -0.141. The van der Waals surface area contributed by atoms with E-state index in [0.717, 1.165) is 17.8 Å². The number of alkyl halides is 3. The molecule has 0 atom stereocenters. The summed E-state index contributed by atoms with van der Waals surface area (Å²) in [5, 5.41) is 0.569. The fourth-order valence-corrected chi connectivity index (χ4v) is 2.15. The van der Waals surface area contributed by atoms with E-state index in [1.807, 2.05) is 6.07 Å². The third-order valence-corrected chi connectivity index (χ3v) is 3.16. The van der Waals surface area contributed by atoms with Crippen LogP contribution in [0.2, 0.25) is 5.02 Å². The summed E-state index contributed by atoms with van der Waals surface area (Å²) in [5.41, 5.74) is 6.08. The number of nitrogens with zero attached hydrogens (tertiary/aromatic N) is 2. The number of hydrogen-bond donors (Lipinski definition) is 1. The Kier molecular flexibility index (Phi) is 4.27. The highest BCUT2D eigenvalue weighted by Crippen LogP contribution is 2.32. The van der Waals surface area contributed by atoms with Gasteiger partial charge in [-0.3, -0.25) is 0 Å². The maximum atomic E-state index is 12.7. The van der Waals surface area contributed by atoms with Crippen LogP contribution in [-0.4, -0.2) is 12.0 Å². The molecule has 1 heterocycles. The third-order valence-electron chi connectivity index (χ3n) is 2.92. The Bertz CT molecular complexity index is 644. The second-order valence-electron chi connectivity index (χ2n) is 4.61. The molecular formula is C14H13ClF3N3. The van der Waals surface area contributed by atoms with Crippen LogP contribution in [0.4, 0.5) is 24.5 Å². The Morgan fingerprint density at radius 2 is 2.00 bits per heavy atom. The molecule has 0 radical (unpaired) electrons. The molecule has 7 heteroatoms. The Labute approximate surface area is 125 Å². The minimum atomic E-state index is -4.50. The van der Waals surface area contributed by atoms with Crippen LogP contribution in [0.5, 0.6) is 0 Å². The number of benzene rings is 1. The quantitative estimate of drug-likeness (QED) is 0.931. The fraction of sp³-hybridized carbons (Fsp3) is 0.214. The van der Waals surface area contributed by atoms with E-state index in [1.165, 1.54) is 0 Å². The molecule has 0 aliphatic heterocycles. The molecule has 3 nitrogen and oxygen atoms in total. The van der Waals surface area contributed by atoms with E-state index in [4.69, 9.17) is 17.3 Å². The normalized spacial score (nSPS) is 11.5. The Hall–Kier alpha value is -1.95. The van der Waals surface area contributed by atoms with E-state index in [1.54, 1.807) is 30.1 Å². The molecule has 2 N–H and O–H groups in total. The number of halogens is 4. The molecule has 0 unspecified atom stereocenters. The van der Waals surface area contributed by atoms with Crippen LogP contribution < -0.4 is 10.6 Å². The molecule has 1 aromatic carbocycles. The Balaban J connectivity index is 2.28. The number of hydrogen-bond acceptors (Lipinski definition) is 3. The largest absolute Gasteiger partial charge is 0.433 e. The van der Waals surface area contributed by atoms with Gasteiger partial charge in [0.15, 0.2) is 0 Å². The van der Waals surface area contributed by atoms with E-state index in [-0.39, 0.29) is 11.4 Å². The highest BCUT2D eigenvalue weighted by atomic mass is 35.5. The summed E-state index contributed by atoms with van der Waals surface area (Å²) >= 11 is 5.89. The molecule has 1 aromatic heterocycles. The average Bonchev–Trinajstić information content (AvgIpc) is 2.37. The van der Waals surface area contributed by atoms with Gasteiger partial charge in [0.2, 0.25) is 0 Å². The first-order chi connectivity index (χ1) is 9.77. The Morgan fingerprint density at radius 1 is 1.29 bits per heavy atom. The molecule has 0 fully saturated rings. The topological polar surface area (TPSA) is 42.2 Å². The number of anilines is 2. The minimum Gasteiger partial charge on any atom is -0.396 e. The van der Waals surface area contributed by atoms with Crippen molar-refractivity contribution in [1.82, 2.24) is 4.98 Å². The van der Waals surface area contributed by atoms with Crippen LogP contribution in [0.25, 0.3) is 0 Å². The number of pyridine rings is 1. The van der Waals surface area contributed by atoms with Crippen molar-refractivity contribution in [1.29, 1.82) is 0 Å². The number of nitrogen functional groups attached to an aromatic ring is 1. The van der Waals surface area contributed by atoms with Crippen molar-refractivity contribution in [3.8, 4) is 0 Å². The lowest BCUT2D eigenvalue weighted by atomic mass is 10.2. The summed E-state index contributed by atoms with van der Waals surface area (Å²) in [6.45, 7) is 0.381. The van der Waals surface area contributed by atoms with Gasteiger partial charge < -0.3 is 10.6 Å². The van der Waals surface area contributed by atoms with E-state index in [0.29, 0.717) is 11.6 Å². The van der Waals surface area contributed by atoms with E-state index in [2.05, 4.69) is 4.98 Å². The van der Waals surface area contributed by atoms with Crippen LogP contribution in [0.3, 0.4) is 0 Å². The zero-order chi connectivity index (χ0) is 15.6. The van der Waals surface area contributed by atoms with Crippen molar-refractivity contribution < 1.29 is 13.2 Å². The second kappa shape index (κ2) is 5.81. The molecule has 21 heavy (non-hydrogen) atoms. The van der Waals surface area contributed by atoms with Crippen molar-refractivity contribution in [2.45, 2.75) is 12.7 Å². The molecule has 0 saturated carbocycles. The first-order valence-corrected chi connectivity index (χ1v) is 6.43. The molecule has 0 saturated heterocycles. The lowest BCUT2D eigenvalue weighted by Gasteiger charge is -2.22. The first-order valence-electron chi connectivity index (χ1n) is 6.05. The minimum absolute atomic E-state index is 0.188. The number of rotatable bonds is 3. The van der Waals surface area contributed by atoms with Crippen molar-refractivity contribution in [2.75, 3.05) is 17.7 Å². The average molecular weight is 316 g/mol. The monoisotopic (exact) mass is 315 g/mol. The zero-order valence-electron chi connectivity index (χ0n) is 11.2. The van der Waals surface area contributed by atoms with Gasteiger partial charge in [-0.2, -0.15) is 13.2 Å². The van der Waals surface area contributed by atoms with Gasteiger partial charge in [-0.15, -0.1) is 0 Å². The van der Waals surface area contributed by atoms with E-state index >= 15 is 0 Å². The predicted molar refractivity (Wildman–Crippen MR) is 77.2 cm³/mol. The van der Waals surface area contributed by atoms with Gasteiger partial charge in [-0.05, 0) is 23.8 Å². The van der Waals surface area contributed by atoms with Crippen LogP contribution >= 0.6 is 11.6 Å². The molecular weight excluding hydrogens is 303 g/mol. The predicted octanol–water partition coefficient (Wildman–Crippen LogP) is 3.97. The van der Waals surface area contributed by atoms with Gasteiger partial charge in [0.25, 0.3) is 0 Å². The van der Waals surface area contributed by atoms with Crippen LogP contribution in [0.1, 0.15) is 11.3 Å². The standard InChI is InChI=1S/C14H13ClF3N3/c1-21(8-9-3-2-4-10(15)5-9)12-6-13(14(16,17)18)20-7-11(12)19/h2-7H,8,19H2,1H3. The summed E-state index contributed by atoms with van der Waals surface area (Å²) in [7, 11) is 1.66. The third kappa shape index (κ3) is 3.78. The number of aromatic nitrogens is 1. The van der Waals surface area contributed by atoms with Gasteiger partial charge in [0.05, 0.1) is 17.6 Å². The van der Waals surface area contributed by atoms with Gasteiger partial charge in [-0.1, -0.05) is 23.7 Å². The van der Waals surface area contributed by atoms with Gasteiger partial charge in [-0.25, -0.2) is 4.98 Å². The van der Waals surface area contributed by atoms with Crippen molar-refractivity contribution in [3.05, 3.63) is 52.8 Å². The van der Waals surface area contributed by atoms with Gasteiger partial charge >= 0.3 is 6.18 Å². The zero-order valence-corrected chi connectivity index (χ0v) is 11.9. The maximum absolute atomic E-state index is 12.7. The van der Waals surface area contributed by atoms with Crippen LogP contribution in [0.15, 0.2) is 36.5 Å². The number of nitrogens with two attached hydrogens (primary N) is 1. The molecule has 0 amide bonds. The summed E-state index contributed by atoms with van der Waals surface area (Å²) in [4.78, 5) is 4.94.